The van der Waals surface area contributed by atoms with E-state index < -0.39 is 5.97 Å². The normalized spacial score (nSPS) is 13.3. The zero-order chi connectivity index (χ0) is 22.8. The van der Waals surface area contributed by atoms with Crippen molar-refractivity contribution in [1.29, 1.82) is 0 Å². The van der Waals surface area contributed by atoms with Crippen LogP contribution >= 0.6 is 0 Å². The third-order valence-corrected chi connectivity index (χ3v) is 6.76. The molecule has 0 atom stereocenters. The number of aromatic nitrogens is 1. The summed E-state index contributed by atoms with van der Waals surface area (Å²) < 4.78 is 25.2. The van der Waals surface area contributed by atoms with Gasteiger partial charge >= 0.3 is 5.97 Å². The highest BCUT2D eigenvalue weighted by Gasteiger charge is 2.30. The molecule has 0 radical (unpaired) electrons. The molecule has 6 nitrogen and oxygen atoms in total. The van der Waals surface area contributed by atoms with Crippen LogP contribution in [0.5, 0.6) is 23.0 Å². The molecule has 0 bridgehead atoms. The Morgan fingerprint density at radius 2 is 1.74 bits per heavy atom. The van der Waals surface area contributed by atoms with Gasteiger partial charge in [-0.2, -0.15) is 4.57 Å². The summed E-state index contributed by atoms with van der Waals surface area (Å²) in [5.41, 5.74) is 2.89. The Balaban J connectivity index is 0.00000229. The van der Waals surface area contributed by atoms with Gasteiger partial charge in [0.05, 0.1) is 28.8 Å². The van der Waals surface area contributed by atoms with Crippen LogP contribution in [0.15, 0.2) is 66.9 Å². The number of carbonyl (C=O) groups excluding carboxylic acids is 1. The first-order valence-corrected chi connectivity index (χ1v) is 11.2. The lowest BCUT2D eigenvalue weighted by Crippen LogP contribution is -3.00. The summed E-state index contributed by atoms with van der Waals surface area (Å²) in [6.45, 7) is 1.06. The second kappa shape index (κ2) is 8.03. The first-order valence-electron chi connectivity index (χ1n) is 11.2. The van der Waals surface area contributed by atoms with E-state index in [2.05, 4.69) is 29.0 Å². The highest BCUT2D eigenvalue weighted by molar-refractivity contribution is 6.17. The van der Waals surface area contributed by atoms with Gasteiger partial charge in [0.25, 0.3) is 0 Å². The number of aryl methyl sites for hydroxylation is 2. The maximum Gasteiger partial charge on any atom is 0.343 e. The van der Waals surface area contributed by atoms with E-state index in [0.717, 1.165) is 51.5 Å². The number of hydrogen-bond acceptors (Lipinski definition) is 5. The van der Waals surface area contributed by atoms with E-state index in [0.29, 0.717) is 17.1 Å². The van der Waals surface area contributed by atoms with Crippen LogP contribution in [0.3, 0.4) is 0 Å². The van der Waals surface area contributed by atoms with E-state index in [9.17, 15) is 4.79 Å². The summed E-state index contributed by atoms with van der Waals surface area (Å²) in [6, 6.07) is 19.2. The molecule has 7 rings (SSSR count). The predicted molar refractivity (Wildman–Crippen MR) is 127 cm³/mol. The van der Waals surface area contributed by atoms with Crippen LogP contribution in [-0.4, -0.2) is 19.9 Å². The smallest absolute Gasteiger partial charge is 0.343 e. The third kappa shape index (κ3) is 3.10. The molecular weight excluding hydrogens is 466 g/mol. The highest BCUT2D eigenvalue weighted by atomic mass is 35.5. The first kappa shape index (κ1) is 21.5. The van der Waals surface area contributed by atoms with Crippen molar-refractivity contribution in [2.24, 2.45) is 0 Å². The largest absolute Gasteiger partial charge is 1.00 e. The average molecular weight is 486 g/mol. The molecule has 0 unspecified atom stereocenters. The number of esters is 1. The summed E-state index contributed by atoms with van der Waals surface area (Å²) in [4.78, 5) is 12.9. The molecule has 4 aromatic carbocycles. The molecule has 0 N–H and O–H groups in total. The van der Waals surface area contributed by atoms with E-state index in [1.807, 2.05) is 30.3 Å². The van der Waals surface area contributed by atoms with Crippen LogP contribution in [0.25, 0.3) is 32.4 Å². The number of carbonyl (C=O) groups is 1. The van der Waals surface area contributed by atoms with Crippen molar-refractivity contribution < 1.29 is 40.7 Å². The zero-order valence-corrected chi connectivity index (χ0v) is 19.6. The monoisotopic (exact) mass is 485 g/mol. The minimum Gasteiger partial charge on any atom is -1.00 e. The second-order valence-electron chi connectivity index (χ2n) is 8.54. The summed E-state index contributed by atoms with van der Waals surface area (Å²) in [7, 11) is 1.58. The molecule has 0 saturated carbocycles. The molecule has 0 amide bonds. The van der Waals surface area contributed by atoms with Gasteiger partial charge in [0.2, 0.25) is 12.3 Å². The van der Waals surface area contributed by atoms with E-state index >= 15 is 0 Å². The van der Waals surface area contributed by atoms with Crippen molar-refractivity contribution >= 4 is 38.4 Å². The summed E-state index contributed by atoms with van der Waals surface area (Å²) >= 11 is 0. The molecular formula is C28H20ClNO5. The molecule has 5 aromatic rings. The van der Waals surface area contributed by atoms with Gasteiger partial charge in [0, 0.05) is 17.2 Å². The molecule has 2 aliphatic heterocycles. The number of methoxy groups -OCH3 is 1. The Morgan fingerprint density at radius 3 is 2.57 bits per heavy atom. The fourth-order valence-electron chi connectivity index (χ4n) is 5.23. The Bertz CT molecular complexity index is 1670. The molecule has 174 valence electrons. The van der Waals surface area contributed by atoms with Crippen molar-refractivity contribution in [3.63, 3.8) is 0 Å². The Hall–Kier alpha value is -4.03. The Labute approximate surface area is 207 Å². The minimum absolute atomic E-state index is 0. The molecule has 7 heteroatoms. The molecule has 35 heavy (non-hydrogen) atoms. The number of fused-ring (bicyclic) bond motifs is 4. The number of hydrogen-bond donors (Lipinski definition) is 0. The van der Waals surface area contributed by atoms with Gasteiger partial charge in [-0.3, -0.25) is 0 Å². The number of halogens is 1. The van der Waals surface area contributed by atoms with Gasteiger partial charge in [-0.25, -0.2) is 4.79 Å². The number of pyridine rings is 1. The van der Waals surface area contributed by atoms with E-state index in [-0.39, 0.29) is 19.2 Å². The van der Waals surface area contributed by atoms with Gasteiger partial charge in [-0.1, -0.05) is 18.2 Å². The maximum atomic E-state index is 12.9. The first-order chi connectivity index (χ1) is 16.7. The van der Waals surface area contributed by atoms with E-state index in [4.69, 9.17) is 18.9 Å². The van der Waals surface area contributed by atoms with Gasteiger partial charge in [0.15, 0.2) is 35.7 Å². The van der Waals surface area contributed by atoms with Crippen molar-refractivity contribution in [2.45, 2.75) is 13.0 Å². The van der Waals surface area contributed by atoms with Gasteiger partial charge in [-0.05, 0) is 48.0 Å². The molecule has 0 saturated heterocycles. The van der Waals surface area contributed by atoms with Crippen molar-refractivity contribution in [1.82, 2.24) is 0 Å². The molecule has 1 aromatic heterocycles. The van der Waals surface area contributed by atoms with Crippen LogP contribution in [0.4, 0.5) is 0 Å². The Kier molecular flexibility index (Phi) is 4.93. The minimum atomic E-state index is -0.418. The van der Waals surface area contributed by atoms with E-state index in [1.54, 1.807) is 19.2 Å². The third-order valence-electron chi connectivity index (χ3n) is 6.76. The standard InChI is InChI=1S/C28H20NO5.ClH/c1-31-22-10-9-18-19-7-8-20-24-17(13-23-26(20)33-15-32-23)11-12-29(25(19)24)14-21(18)27(22)34-28(30)16-5-3-2-4-6-16;/h2-10,13-14H,11-12,15H2,1H3;1H/q+1;/p-1. The number of rotatable bonds is 3. The van der Waals surface area contributed by atoms with E-state index in [1.165, 1.54) is 10.9 Å². The van der Waals surface area contributed by atoms with Crippen molar-refractivity contribution in [3.05, 3.63) is 78.0 Å². The van der Waals surface area contributed by atoms with Crippen LogP contribution in [0.2, 0.25) is 0 Å². The lowest BCUT2D eigenvalue weighted by molar-refractivity contribution is -0.670. The lowest BCUT2D eigenvalue weighted by atomic mass is 9.93. The quantitative estimate of drug-likeness (QED) is 0.169. The van der Waals surface area contributed by atoms with Gasteiger partial charge in [-0.15, -0.1) is 0 Å². The molecule has 0 aliphatic carbocycles. The maximum absolute atomic E-state index is 12.9. The van der Waals surface area contributed by atoms with Gasteiger partial charge < -0.3 is 31.4 Å². The zero-order valence-electron chi connectivity index (χ0n) is 18.8. The van der Waals surface area contributed by atoms with Crippen molar-refractivity contribution in [3.8, 4) is 23.0 Å². The molecule has 0 spiro atoms. The number of nitrogens with zero attached hydrogens (tertiary/aromatic N) is 1. The molecule has 2 aliphatic rings. The number of ether oxygens (including phenoxy) is 4. The molecule has 3 heterocycles. The molecule has 0 fully saturated rings. The fourth-order valence-corrected chi connectivity index (χ4v) is 5.23. The summed E-state index contributed by atoms with van der Waals surface area (Å²) in [5, 5.41) is 5.17. The predicted octanol–water partition coefficient (Wildman–Crippen LogP) is 1.95. The van der Waals surface area contributed by atoms with Crippen molar-refractivity contribution in [2.75, 3.05) is 13.9 Å². The summed E-state index contributed by atoms with van der Waals surface area (Å²) in [6.07, 6.45) is 2.94. The van der Waals surface area contributed by atoms with Crippen LogP contribution < -0.4 is 35.9 Å². The highest BCUT2D eigenvalue weighted by Crippen LogP contribution is 2.46. The average Bonchev–Trinajstić information content (AvgIpc) is 3.36. The Morgan fingerprint density at radius 1 is 0.943 bits per heavy atom. The topological polar surface area (TPSA) is 57.9 Å². The summed E-state index contributed by atoms with van der Waals surface area (Å²) in [5.74, 6) is 2.15. The second-order valence-corrected chi connectivity index (χ2v) is 8.54. The van der Waals surface area contributed by atoms with Crippen LogP contribution in [0, 0.1) is 0 Å². The van der Waals surface area contributed by atoms with Crippen LogP contribution in [0.1, 0.15) is 15.9 Å². The van der Waals surface area contributed by atoms with Gasteiger partial charge in [0.1, 0.15) is 0 Å². The fraction of sp³-hybridized carbons (Fsp3) is 0.143. The number of benzene rings is 4. The SMILES string of the molecule is COc1ccc2c(c[n+]3c4c2ccc2c5c(cc(c24)CC3)OCO5)c1OC(=O)c1ccccc1.[Cl-]. The lowest BCUT2D eigenvalue weighted by Gasteiger charge is -2.18. The van der Waals surface area contributed by atoms with Crippen LogP contribution in [-0.2, 0) is 13.0 Å².